The highest BCUT2D eigenvalue weighted by molar-refractivity contribution is 7.10. The summed E-state index contributed by atoms with van der Waals surface area (Å²) in [6, 6.07) is 4.62. The molecule has 5 aliphatic rings. The molecule has 4 saturated carbocycles. The summed E-state index contributed by atoms with van der Waals surface area (Å²) < 4.78 is 5.53. The molecule has 0 aromatic carbocycles. The molecule has 1 amide bonds. The van der Waals surface area contributed by atoms with Crippen molar-refractivity contribution in [2.75, 3.05) is 32.8 Å². The smallest absolute Gasteiger partial charge is 0.226 e. The van der Waals surface area contributed by atoms with Crippen molar-refractivity contribution < 1.29 is 9.53 Å². The molecule has 6 rings (SSSR count). The molecule has 1 aliphatic heterocycles. The normalized spacial score (nSPS) is 37.6. The van der Waals surface area contributed by atoms with Crippen LogP contribution in [0.25, 0.3) is 0 Å². The number of carbonyl (C=O) groups excluding carboxylic acids is 1. The van der Waals surface area contributed by atoms with Crippen molar-refractivity contribution in [1.29, 1.82) is 0 Å². The molecule has 2 heterocycles. The highest BCUT2D eigenvalue weighted by Gasteiger charge is 2.54. The Hall–Kier alpha value is -0.910. The van der Waals surface area contributed by atoms with Gasteiger partial charge in [-0.1, -0.05) is 6.07 Å². The molecule has 0 radical (unpaired) electrons. The predicted octanol–water partition coefficient (Wildman–Crippen LogP) is 3.45. The molecular weight excluding hydrogens is 344 g/mol. The highest BCUT2D eigenvalue weighted by Crippen LogP contribution is 2.60. The summed E-state index contributed by atoms with van der Waals surface area (Å²) in [7, 11) is 0. The zero-order valence-electron chi connectivity index (χ0n) is 15.5. The number of nitrogens with zero attached hydrogens (tertiary/aromatic N) is 1. The van der Waals surface area contributed by atoms with E-state index in [1.165, 1.54) is 24.1 Å². The van der Waals surface area contributed by atoms with Gasteiger partial charge in [-0.15, -0.1) is 11.3 Å². The van der Waals surface area contributed by atoms with Crippen LogP contribution in [0.4, 0.5) is 0 Å². The maximum atomic E-state index is 13.3. The van der Waals surface area contributed by atoms with Gasteiger partial charge in [-0.25, -0.2) is 0 Å². The molecule has 26 heavy (non-hydrogen) atoms. The van der Waals surface area contributed by atoms with Gasteiger partial charge in [-0.3, -0.25) is 9.69 Å². The molecule has 4 nitrogen and oxygen atoms in total. The van der Waals surface area contributed by atoms with Gasteiger partial charge in [0.15, 0.2) is 0 Å². The summed E-state index contributed by atoms with van der Waals surface area (Å²) in [5, 5.41) is 5.55. The lowest BCUT2D eigenvalue weighted by molar-refractivity contribution is -0.146. The summed E-state index contributed by atoms with van der Waals surface area (Å²) in [6.07, 6.45) is 7.60. The molecule has 1 atom stereocenters. The Kier molecular flexibility index (Phi) is 4.58. The number of hydrogen-bond acceptors (Lipinski definition) is 4. The molecule has 1 aromatic heterocycles. The van der Waals surface area contributed by atoms with Crippen LogP contribution in [-0.2, 0) is 9.53 Å². The maximum Gasteiger partial charge on any atom is 0.226 e. The summed E-state index contributed by atoms with van der Waals surface area (Å²) in [6.45, 7) is 4.24. The molecule has 1 saturated heterocycles. The van der Waals surface area contributed by atoms with E-state index in [-0.39, 0.29) is 11.5 Å². The van der Waals surface area contributed by atoms with Gasteiger partial charge in [0.25, 0.3) is 0 Å². The largest absolute Gasteiger partial charge is 0.379 e. The number of hydrogen-bond donors (Lipinski definition) is 1. The van der Waals surface area contributed by atoms with Crippen LogP contribution in [0.2, 0.25) is 0 Å². The quantitative estimate of drug-likeness (QED) is 0.858. The van der Waals surface area contributed by atoms with E-state index in [2.05, 4.69) is 27.7 Å². The molecule has 5 fully saturated rings. The number of ether oxygens (including phenoxy) is 1. The van der Waals surface area contributed by atoms with E-state index in [0.29, 0.717) is 5.91 Å². The van der Waals surface area contributed by atoms with Crippen molar-refractivity contribution in [3.05, 3.63) is 22.4 Å². The lowest BCUT2D eigenvalue weighted by atomic mass is 9.49. The Morgan fingerprint density at radius 3 is 2.42 bits per heavy atom. The van der Waals surface area contributed by atoms with Crippen molar-refractivity contribution in [3.63, 3.8) is 0 Å². The van der Waals surface area contributed by atoms with Gasteiger partial charge in [0, 0.05) is 29.9 Å². The van der Waals surface area contributed by atoms with E-state index >= 15 is 0 Å². The third-order valence-corrected chi connectivity index (χ3v) is 8.31. The molecule has 142 valence electrons. The van der Waals surface area contributed by atoms with Crippen LogP contribution in [-0.4, -0.2) is 43.7 Å². The summed E-state index contributed by atoms with van der Waals surface area (Å²) in [4.78, 5) is 17.1. The van der Waals surface area contributed by atoms with E-state index in [1.54, 1.807) is 11.3 Å². The highest BCUT2D eigenvalue weighted by atomic mass is 32.1. The third-order valence-electron chi connectivity index (χ3n) is 7.33. The Morgan fingerprint density at radius 1 is 1.19 bits per heavy atom. The van der Waals surface area contributed by atoms with Crippen LogP contribution in [0.15, 0.2) is 17.5 Å². The lowest BCUT2D eigenvalue weighted by Crippen LogP contribution is -2.54. The molecule has 0 spiro atoms. The number of amides is 1. The second kappa shape index (κ2) is 6.92. The fraction of sp³-hybridized carbons (Fsp3) is 0.762. The van der Waals surface area contributed by atoms with Crippen LogP contribution in [0.3, 0.4) is 0 Å². The standard InChI is InChI=1S/C21H30N2O2S/c24-20(21-11-15-8-16(12-21)10-17(9-15)13-21)22-14-18(19-2-1-7-26-19)23-3-5-25-6-4-23/h1-2,7,15-18H,3-6,8-14H2,(H,22,24). The lowest BCUT2D eigenvalue weighted by Gasteiger charge is -2.55. The third kappa shape index (κ3) is 3.12. The van der Waals surface area contributed by atoms with E-state index in [1.807, 2.05) is 0 Å². The monoisotopic (exact) mass is 374 g/mol. The predicted molar refractivity (Wildman–Crippen MR) is 103 cm³/mol. The Balaban J connectivity index is 1.28. The topological polar surface area (TPSA) is 41.6 Å². The van der Waals surface area contributed by atoms with Crippen LogP contribution in [0, 0.1) is 23.2 Å². The second-order valence-corrected chi connectivity index (χ2v) is 10.1. The van der Waals surface area contributed by atoms with Crippen molar-refractivity contribution in [1.82, 2.24) is 10.2 Å². The zero-order valence-corrected chi connectivity index (χ0v) is 16.3. The minimum Gasteiger partial charge on any atom is -0.379 e. The average Bonchev–Trinajstić information content (AvgIpc) is 3.16. The first-order chi connectivity index (χ1) is 12.7. The number of thiophene rings is 1. The van der Waals surface area contributed by atoms with Crippen LogP contribution in [0.5, 0.6) is 0 Å². The van der Waals surface area contributed by atoms with Gasteiger partial charge in [-0.05, 0) is 67.7 Å². The summed E-state index contributed by atoms with van der Waals surface area (Å²) in [5.41, 5.74) is -0.0419. The fourth-order valence-electron chi connectivity index (χ4n) is 6.55. The van der Waals surface area contributed by atoms with Gasteiger partial charge in [0.05, 0.1) is 19.3 Å². The second-order valence-electron chi connectivity index (χ2n) is 9.09. The van der Waals surface area contributed by atoms with Gasteiger partial charge in [0.1, 0.15) is 0 Å². The Morgan fingerprint density at radius 2 is 1.85 bits per heavy atom. The van der Waals surface area contributed by atoms with Gasteiger partial charge < -0.3 is 10.1 Å². The van der Waals surface area contributed by atoms with Crippen molar-refractivity contribution in [3.8, 4) is 0 Å². The molecule has 1 aromatic rings. The van der Waals surface area contributed by atoms with E-state index in [0.717, 1.165) is 69.9 Å². The zero-order chi connectivity index (χ0) is 17.6. The first-order valence-electron chi connectivity index (χ1n) is 10.4. The van der Waals surface area contributed by atoms with E-state index < -0.39 is 0 Å². The van der Waals surface area contributed by atoms with Gasteiger partial charge in [0.2, 0.25) is 5.91 Å². The molecule has 4 aliphatic carbocycles. The number of morpholine rings is 1. The van der Waals surface area contributed by atoms with Gasteiger partial charge >= 0.3 is 0 Å². The first-order valence-corrected chi connectivity index (χ1v) is 11.2. The Bertz CT molecular complexity index is 603. The summed E-state index contributed by atoms with van der Waals surface area (Å²) in [5.74, 6) is 2.81. The molecule has 4 bridgehead atoms. The molecule has 5 heteroatoms. The minimum absolute atomic E-state index is 0.0419. The minimum atomic E-state index is -0.0419. The van der Waals surface area contributed by atoms with Crippen LogP contribution < -0.4 is 5.32 Å². The van der Waals surface area contributed by atoms with Gasteiger partial charge in [-0.2, -0.15) is 0 Å². The van der Waals surface area contributed by atoms with Crippen molar-refractivity contribution in [2.45, 2.75) is 44.6 Å². The summed E-state index contributed by atoms with van der Waals surface area (Å²) >= 11 is 1.80. The fourth-order valence-corrected chi connectivity index (χ4v) is 7.41. The first kappa shape index (κ1) is 17.2. The van der Waals surface area contributed by atoms with E-state index in [9.17, 15) is 4.79 Å². The number of nitrogens with one attached hydrogen (secondary N) is 1. The van der Waals surface area contributed by atoms with Crippen molar-refractivity contribution in [2.24, 2.45) is 23.2 Å². The van der Waals surface area contributed by atoms with Crippen LogP contribution >= 0.6 is 11.3 Å². The van der Waals surface area contributed by atoms with Crippen molar-refractivity contribution >= 4 is 17.2 Å². The maximum absolute atomic E-state index is 13.3. The Labute approximate surface area is 160 Å². The average molecular weight is 375 g/mol. The molecular formula is C21H30N2O2S. The SMILES string of the molecule is O=C(NCC(c1cccs1)N1CCOCC1)C12CC3CC(CC(C3)C1)C2. The number of rotatable bonds is 5. The van der Waals surface area contributed by atoms with E-state index in [4.69, 9.17) is 4.74 Å². The van der Waals surface area contributed by atoms with Crippen LogP contribution in [0.1, 0.15) is 49.4 Å². The number of carbonyl (C=O) groups is 1. The molecule has 1 unspecified atom stereocenters. The molecule has 1 N–H and O–H groups in total.